The van der Waals surface area contributed by atoms with Crippen LogP contribution in [0.1, 0.15) is 16.3 Å². The molecule has 29 heavy (non-hydrogen) atoms. The molecule has 8 heteroatoms. The number of aliphatic hydroxyl groups excluding tert-OH is 1. The third-order valence-electron chi connectivity index (χ3n) is 4.73. The van der Waals surface area contributed by atoms with E-state index >= 15 is 0 Å². The molecule has 0 aliphatic rings. The van der Waals surface area contributed by atoms with Crippen molar-refractivity contribution < 1.29 is 14.6 Å². The molecule has 7 nitrogen and oxygen atoms in total. The summed E-state index contributed by atoms with van der Waals surface area (Å²) in [7, 11) is 1.64. The lowest BCUT2D eigenvalue weighted by Gasteiger charge is -2.24. The Kier molecular flexibility index (Phi) is 7.38. The number of benzene rings is 1. The summed E-state index contributed by atoms with van der Waals surface area (Å²) >= 11 is 1.53. The molecule has 2 aromatic heterocycles. The maximum absolute atomic E-state index is 12.5. The fraction of sp³-hybridized carbons (Fsp3) is 0.429. The molecule has 2 heterocycles. The SMILES string of the molecule is COCCN(Cc1nc2sc(C)c(C)c2c(=O)[nH]1)CC(O)COc1ccccc1. The van der Waals surface area contributed by atoms with Crippen LogP contribution in [0.2, 0.25) is 0 Å². The molecule has 0 saturated carbocycles. The summed E-state index contributed by atoms with van der Waals surface area (Å²) < 4.78 is 10.8. The van der Waals surface area contributed by atoms with E-state index in [9.17, 15) is 9.90 Å². The van der Waals surface area contributed by atoms with Gasteiger partial charge in [0.05, 0.1) is 18.5 Å². The monoisotopic (exact) mass is 417 g/mol. The largest absolute Gasteiger partial charge is 0.491 e. The summed E-state index contributed by atoms with van der Waals surface area (Å²) in [6.45, 7) is 6.01. The van der Waals surface area contributed by atoms with Crippen LogP contribution in [0.4, 0.5) is 0 Å². The van der Waals surface area contributed by atoms with Gasteiger partial charge in [0.15, 0.2) is 0 Å². The molecule has 0 radical (unpaired) electrons. The molecule has 2 N–H and O–H groups in total. The number of aromatic nitrogens is 2. The van der Waals surface area contributed by atoms with E-state index in [0.29, 0.717) is 37.5 Å². The molecule has 0 aliphatic carbocycles. The minimum Gasteiger partial charge on any atom is -0.491 e. The van der Waals surface area contributed by atoms with Crippen LogP contribution in [0.15, 0.2) is 35.1 Å². The minimum atomic E-state index is -0.686. The number of aromatic amines is 1. The normalized spacial score (nSPS) is 12.6. The highest BCUT2D eigenvalue weighted by Crippen LogP contribution is 2.25. The van der Waals surface area contributed by atoms with Crippen molar-refractivity contribution in [1.29, 1.82) is 0 Å². The van der Waals surface area contributed by atoms with Gasteiger partial charge < -0.3 is 19.6 Å². The Labute approximate surface area is 173 Å². The molecule has 0 aliphatic heterocycles. The van der Waals surface area contributed by atoms with Gasteiger partial charge in [0, 0.05) is 25.1 Å². The van der Waals surface area contributed by atoms with Gasteiger partial charge >= 0.3 is 0 Å². The van der Waals surface area contributed by atoms with E-state index in [2.05, 4.69) is 9.97 Å². The van der Waals surface area contributed by atoms with Gasteiger partial charge in [-0.2, -0.15) is 0 Å². The highest BCUT2D eigenvalue weighted by atomic mass is 32.1. The van der Waals surface area contributed by atoms with Gasteiger partial charge in [-0.15, -0.1) is 11.3 Å². The second-order valence-electron chi connectivity index (χ2n) is 6.98. The number of hydrogen-bond acceptors (Lipinski definition) is 7. The fourth-order valence-corrected chi connectivity index (χ4v) is 4.15. The number of para-hydroxylation sites is 1. The molecule has 1 atom stereocenters. The molecule has 156 valence electrons. The summed E-state index contributed by atoms with van der Waals surface area (Å²) in [6.07, 6.45) is -0.686. The van der Waals surface area contributed by atoms with Gasteiger partial charge in [0.1, 0.15) is 29.1 Å². The van der Waals surface area contributed by atoms with Crippen LogP contribution < -0.4 is 10.3 Å². The van der Waals surface area contributed by atoms with Crippen LogP contribution in [-0.4, -0.2) is 59.5 Å². The predicted octanol–water partition coefficient (Wildman–Crippen LogP) is 2.49. The third kappa shape index (κ3) is 5.63. The van der Waals surface area contributed by atoms with Gasteiger partial charge in [-0.05, 0) is 31.5 Å². The van der Waals surface area contributed by atoms with Crippen LogP contribution in [0.5, 0.6) is 5.75 Å². The summed E-state index contributed by atoms with van der Waals surface area (Å²) in [6, 6.07) is 9.39. The Morgan fingerprint density at radius 2 is 2.03 bits per heavy atom. The van der Waals surface area contributed by atoms with Gasteiger partial charge in [0.25, 0.3) is 5.56 Å². The number of fused-ring (bicyclic) bond motifs is 1. The molecular weight excluding hydrogens is 390 g/mol. The average Bonchev–Trinajstić information content (AvgIpc) is 2.99. The Hall–Kier alpha value is -2.26. The first-order valence-electron chi connectivity index (χ1n) is 9.54. The van der Waals surface area contributed by atoms with Crippen molar-refractivity contribution in [2.45, 2.75) is 26.5 Å². The van der Waals surface area contributed by atoms with E-state index in [1.807, 2.05) is 49.1 Å². The van der Waals surface area contributed by atoms with Crippen molar-refractivity contribution in [2.75, 3.05) is 33.4 Å². The number of ether oxygens (including phenoxy) is 2. The van der Waals surface area contributed by atoms with Crippen molar-refractivity contribution in [2.24, 2.45) is 0 Å². The smallest absolute Gasteiger partial charge is 0.259 e. The Morgan fingerprint density at radius 1 is 1.28 bits per heavy atom. The summed E-state index contributed by atoms with van der Waals surface area (Å²) in [4.78, 5) is 23.9. The Morgan fingerprint density at radius 3 is 2.76 bits per heavy atom. The number of thiophene rings is 1. The third-order valence-corrected chi connectivity index (χ3v) is 5.83. The maximum Gasteiger partial charge on any atom is 0.259 e. The van der Waals surface area contributed by atoms with Crippen LogP contribution >= 0.6 is 11.3 Å². The summed E-state index contributed by atoms with van der Waals surface area (Å²) in [5.41, 5.74) is 0.863. The first-order valence-corrected chi connectivity index (χ1v) is 10.4. The number of H-pyrrole nitrogens is 1. The highest BCUT2D eigenvalue weighted by molar-refractivity contribution is 7.18. The number of methoxy groups -OCH3 is 1. The number of aliphatic hydroxyl groups is 1. The van der Waals surface area contributed by atoms with E-state index in [-0.39, 0.29) is 12.2 Å². The summed E-state index contributed by atoms with van der Waals surface area (Å²) in [5.74, 6) is 1.30. The van der Waals surface area contributed by atoms with Crippen molar-refractivity contribution in [1.82, 2.24) is 14.9 Å². The zero-order valence-electron chi connectivity index (χ0n) is 17.0. The van der Waals surface area contributed by atoms with Gasteiger partial charge in [-0.25, -0.2) is 4.98 Å². The summed E-state index contributed by atoms with van der Waals surface area (Å²) in [5, 5.41) is 11.1. The van der Waals surface area contributed by atoms with E-state index in [1.165, 1.54) is 11.3 Å². The second-order valence-corrected chi connectivity index (χ2v) is 8.19. The number of nitrogens with one attached hydrogen (secondary N) is 1. The van der Waals surface area contributed by atoms with Gasteiger partial charge in [0.2, 0.25) is 0 Å². The van der Waals surface area contributed by atoms with Crippen molar-refractivity contribution in [3.8, 4) is 5.75 Å². The first-order chi connectivity index (χ1) is 14.0. The van der Waals surface area contributed by atoms with Gasteiger partial charge in [-0.1, -0.05) is 18.2 Å². The van der Waals surface area contributed by atoms with Crippen LogP contribution in [0.25, 0.3) is 10.2 Å². The van der Waals surface area contributed by atoms with Crippen molar-refractivity contribution >= 4 is 21.6 Å². The predicted molar refractivity (Wildman–Crippen MR) is 115 cm³/mol. The van der Waals surface area contributed by atoms with Gasteiger partial charge in [-0.3, -0.25) is 9.69 Å². The van der Waals surface area contributed by atoms with Crippen LogP contribution in [-0.2, 0) is 11.3 Å². The number of rotatable bonds is 10. The topological polar surface area (TPSA) is 87.7 Å². The minimum absolute atomic E-state index is 0.119. The lowest BCUT2D eigenvalue weighted by atomic mass is 10.2. The van der Waals surface area contributed by atoms with E-state index in [1.54, 1.807) is 7.11 Å². The van der Waals surface area contributed by atoms with Crippen molar-refractivity contribution in [3.63, 3.8) is 0 Å². The maximum atomic E-state index is 12.5. The molecule has 1 aromatic carbocycles. The molecule has 0 spiro atoms. The van der Waals surface area contributed by atoms with E-state index in [4.69, 9.17) is 9.47 Å². The van der Waals surface area contributed by atoms with E-state index < -0.39 is 6.10 Å². The zero-order valence-corrected chi connectivity index (χ0v) is 17.8. The highest BCUT2D eigenvalue weighted by Gasteiger charge is 2.17. The quantitative estimate of drug-likeness (QED) is 0.527. The molecule has 0 fully saturated rings. The first kappa shape index (κ1) is 21.4. The van der Waals surface area contributed by atoms with Crippen LogP contribution in [0, 0.1) is 13.8 Å². The van der Waals surface area contributed by atoms with Crippen LogP contribution in [0.3, 0.4) is 0 Å². The number of nitrogens with zero attached hydrogens (tertiary/aromatic N) is 2. The molecule has 1 unspecified atom stereocenters. The van der Waals surface area contributed by atoms with E-state index in [0.717, 1.165) is 21.0 Å². The molecule has 3 rings (SSSR count). The van der Waals surface area contributed by atoms with Crippen molar-refractivity contribution in [3.05, 3.63) is 57.0 Å². The molecular formula is C21H27N3O4S. The standard InChI is InChI=1S/C21H27N3O4S/c1-14-15(2)29-21-19(14)20(26)22-18(23-21)12-24(9-10-27-3)11-16(25)13-28-17-7-5-4-6-8-17/h4-8,16,25H,9-13H2,1-3H3,(H,22,23,26). The average molecular weight is 418 g/mol. The lowest BCUT2D eigenvalue weighted by molar-refractivity contribution is 0.0533. The number of aryl methyl sites for hydroxylation is 2. The molecule has 3 aromatic rings. The fourth-order valence-electron chi connectivity index (χ4n) is 3.10. The lowest BCUT2D eigenvalue weighted by Crippen LogP contribution is -2.38. The molecule has 0 saturated heterocycles. The molecule has 0 amide bonds. The second kappa shape index (κ2) is 9.98. The number of hydrogen-bond donors (Lipinski definition) is 2. The zero-order chi connectivity index (χ0) is 20.8. The molecule has 0 bridgehead atoms. The Balaban J connectivity index is 1.68. The Bertz CT molecular complexity index is 987.